The third-order valence-corrected chi connectivity index (χ3v) is 8.11. The van der Waals surface area contributed by atoms with Crippen molar-refractivity contribution < 1.29 is 35.1 Å². The van der Waals surface area contributed by atoms with Crippen LogP contribution in [0.2, 0.25) is 0 Å². The van der Waals surface area contributed by atoms with E-state index in [-0.39, 0.29) is 0 Å². The van der Waals surface area contributed by atoms with Crippen LogP contribution in [-0.2, 0) is 46.4 Å². The number of unbranched alkanes of at least 4 members (excludes halogenated alkanes) is 19. The molecule has 2 heterocycles. The van der Waals surface area contributed by atoms with Gasteiger partial charge in [0.05, 0.1) is 46.4 Å². The predicted molar refractivity (Wildman–Crippen MR) is 193 cm³/mol. The summed E-state index contributed by atoms with van der Waals surface area (Å²) in [6.45, 7) is 9.30. The number of hydrogen-bond acceptors (Lipinski definition) is 6. The molecule has 2 aromatic heterocycles. The van der Waals surface area contributed by atoms with Crippen LogP contribution in [-0.4, -0.2) is 47.6 Å². The second-order valence-electron chi connectivity index (χ2n) is 13.3. The molecule has 0 atom stereocenters. The van der Waals surface area contributed by atoms with Gasteiger partial charge < -0.3 is 9.11 Å². The molecule has 0 saturated carbocycles. The molecule has 0 aliphatic rings. The van der Waals surface area contributed by atoms with Gasteiger partial charge in [0.2, 0.25) is 12.7 Å². The highest BCUT2D eigenvalue weighted by Crippen LogP contribution is 2.13. The van der Waals surface area contributed by atoms with E-state index in [2.05, 4.69) is 69.6 Å². The maximum atomic E-state index is 9.08. The maximum absolute atomic E-state index is 9.08. The number of aromatic nitrogens is 4. The lowest BCUT2D eigenvalue weighted by atomic mass is 10.0. The highest BCUT2D eigenvalue weighted by molar-refractivity contribution is 7.85. The summed E-state index contributed by atoms with van der Waals surface area (Å²) in [4.78, 5) is 0. The molecule has 0 aliphatic heterocycles. The Labute approximate surface area is 294 Å². The predicted octanol–water partition coefficient (Wildman–Crippen LogP) is 7.51. The fraction of sp³-hybridized carbons (Fsp3) is 0.833. The Morgan fingerprint density at radius 1 is 0.458 bits per heavy atom. The number of nitrogens with zero attached hydrogens (tertiary/aromatic N) is 4. The monoisotopic (exact) mass is 718 g/mol. The fourth-order valence-electron chi connectivity index (χ4n) is 5.56. The van der Waals surface area contributed by atoms with Crippen molar-refractivity contribution in [3.8, 4) is 0 Å². The molecule has 0 radical (unpaired) electrons. The quantitative estimate of drug-likeness (QED) is 0.0534. The first-order valence-electron chi connectivity index (χ1n) is 18.7. The molecule has 10 nitrogen and oxygen atoms in total. The van der Waals surface area contributed by atoms with Crippen LogP contribution >= 0.6 is 0 Å². The number of imidazole rings is 2. The van der Waals surface area contributed by atoms with E-state index in [1.54, 1.807) is 0 Å². The molecule has 0 N–H and O–H groups in total. The minimum Gasteiger partial charge on any atom is -0.748 e. The van der Waals surface area contributed by atoms with Crippen LogP contribution in [0.25, 0.3) is 0 Å². The standard InChI is InChI=1S/C34H64N4.2CH4O3S/c1-3-5-7-21-25-35-29-31-37(33-35)27-23-19-17-15-13-11-9-10-12-14-16-18-20-24-28-38-32-30-36(34-38)26-22-8-6-4-2;2*1-5(2,3)4/h29-34H,3-28H2,1-2H3;2*1H3,(H,2,3,4)/q+2;;/p-2. The van der Waals surface area contributed by atoms with Crippen LogP contribution in [0.15, 0.2) is 37.4 Å². The highest BCUT2D eigenvalue weighted by atomic mass is 32.2. The summed E-state index contributed by atoms with van der Waals surface area (Å²) in [7, 11) is -7.83. The Kier molecular flexibility index (Phi) is 29.0. The molecule has 282 valence electrons. The minimum atomic E-state index is -3.92. The van der Waals surface area contributed by atoms with Gasteiger partial charge in [-0.1, -0.05) is 104 Å². The van der Waals surface area contributed by atoms with Crippen molar-refractivity contribution in [1.29, 1.82) is 0 Å². The average Bonchev–Trinajstić information content (AvgIpc) is 3.65. The van der Waals surface area contributed by atoms with E-state index >= 15 is 0 Å². The molecule has 2 rings (SSSR count). The average molecular weight is 719 g/mol. The summed E-state index contributed by atoms with van der Waals surface area (Å²) in [6.07, 6.45) is 45.4. The molecule has 0 spiro atoms. The van der Waals surface area contributed by atoms with Gasteiger partial charge in [0.1, 0.15) is 24.8 Å². The Hall–Kier alpha value is -1.76. The van der Waals surface area contributed by atoms with Crippen LogP contribution in [0.3, 0.4) is 0 Å². The van der Waals surface area contributed by atoms with Gasteiger partial charge in [-0.05, 0) is 51.4 Å². The normalized spacial score (nSPS) is 11.5. The molecule has 0 unspecified atom stereocenters. The van der Waals surface area contributed by atoms with Crippen LogP contribution in [0, 0.1) is 0 Å². The van der Waals surface area contributed by atoms with Gasteiger partial charge in [-0.25, -0.2) is 35.1 Å². The Balaban J connectivity index is 0.00000192. The summed E-state index contributed by atoms with van der Waals surface area (Å²) < 4.78 is 64.0. The zero-order valence-corrected chi connectivity index (χ0v) is 32.5. The summed E-state index contributed by atoms with van der Waals surface area (Å²) >= 11 is 0. The van der Waals surface area contributed by atoms with Crippen molar-refractivity contribution >= 4 is 20.2 Å². The molecular weight excluding hydrogens is 649 g/mol. The van der Waals surface area contributed by atoms with Gasteiger partial charge in [0.15, 0.2) is 0 Å². The third-order valence-electron chi connectivity index (χ3n) is 8.11. The summed E-state index contributed by atoms with van der Waals surface area (Å²) in [5.74, 6) is 0. The van der Waals surface area contributed by atoms with E-state index < -0.39 is 20.2 Å². The van der Waals surface area contributed by atoms with Crippen molar-refractivity contribution in [2.75, 3.05) is 12.5 Å². The summed E-state index contributed by atoms with van der Waals surface area (Å²) in [5, 5.41) is 0. The first-order chi connectivity index (χ1) is 22.8. The number of aryl methyl sites for hydroxylation is 4. The lowest BCUT2D eigenvalue weighted by Crippen LogP contribution is -2.30. The fourth-order valence-corrected chi connectivity index (χ4v) is 5.56. The topological polar surface area (TPSA) is 132 Å². The maximum Gasteiger partial charge on any atom is 0.243 e. The van der Waals surface area contributed by atoms with E-state index in [1.165, 1.54) is 167 Å². The highest BCUT2D eigenvalue weighted by Gasteiger charge is 2.05. The number of hydrogen-bond donors (Lipinski definition) is 0. The van der Waals surface area contributed by atoms with Gasteiger partial charge in [-0.3, -0.25) is 0 Å². The lowest BCUT2D eigenvalue weighted by Gasteiger charge is -2.03. The molecule has 0 aliphatic carbocycles. The van der Waals surface area contributed by atoms with Crippen molar-refractivity contribution in [1.82, 2.24) is 9.13 Å². The number of rotatable bonds is 27. The first kappa shape index (κ1) is 46.2. The van der Waals surface area contributed by atoms with Gasteiger partial charge in [0.25, 0.3) is 0 Å². The van der Waals surface area contributed by atoms with Gasteiger partial charge in [-0.15, -0.1) is 0 Å². The zero-order valence-electron chi connectivity index (χ0n) is 30.9. The molecule has 12 heteroatoms. The SMILES string of the molecule is CCCCCCn1cc[n+](CCCCCCCCCCCCCCCC[n+]2ccn(CCCCCC)c2)c1.CS(=O)(=O)[O-].CS(=O)(=O)[O-]. The van der Waals surface area contributed by atoms with Gasteiger partial charge in [-0.2, -0.15) is 0 Å². The van der Waals surface area contributed by atoms with Crippen molar-refractivity contribution in [3.05, 3.63) is 37.4 Å². The van der Waals surface area contributed by atoms with Crippen LogP contribution in [0.5, 0.6) is 0 Å². The lowest BCUT2D eigenvalue weighted by molar-refractivity contribution is -0.697. The van der Waals surface area contributed by atoms with Gasteiger partial charge in [0, 0.05) is 12.5 Å². The second-order valence-corrected chi connectivity index (χ2v) is 16.1. The van der Waals surface area contributed by atoms with Gasteiger partial charge >= 0.3 is 0 Å². The second kappa shape index (κ2) is 30.1. The van der Waals surface area contributed by atoms with Crippen LogP contribution < -0.4 is 9.13 Å². The zero-order chi connectivity index (χ0) is 35.9. The molecule has 2 aromatic rings. The van der Waals surface area contributed by atoms with Crippen LogP contribution in [0.1, 0.15) is 155 Å². The Bertz CT molecular complexity index is 1100. The molecule has 48 heavy (non-hydrogen) atoms. The van der Waals surface area contributed by atoms with Crippen molar-refractivity contribution in [2.24, 2.45) is 0 Å². The molecule has 0 bridgehead atoms. The summed E-state index contributed by atoms with van der Waals surface area (Å²) in [6, 6.07) is 0. The van der Waals surface area contributed by atoms with Crippen molar-refractivity contribution in [3.63, 3.8) is 0 Å². The molecular formula is C36H70N4O6S2. The first-order valence-corrected chi connectivity index (χ1v) is 22.4. The molecule has 0 amide bonds. The van der Waals surface area contributed by atoms with E-state index in [0.29, 0.717) is 12.5 Å². The van der Waals surface area contributed by atoms with E-state index in [1.807, 2.05) is 0 Å². The molecule has 0 saturated heterocycles. The van der Waals surface area contributed by atoms with E-state index in [4.69, 9.17) is 25.9 Å². The van der Waals surface area contributed by atoms with Crippen LogP contribution in [0.4, 0.5) is 0 Å². The third kappa shape index (κ3) is 37.1. The Morgan fingerprint density at radius 3 is 0.979 bits per heavy atom. The molecule has 0 fully saturated rings. The largest absolute Gasteiger partial charge is 0.748 e. The Morgan fingerprint density at radius 2 is 0.708 bits per heavy atom. The van der Waals surface area contributed by atoms with Crippen molar-refractivity contribution in [2.45, 2.75) is 181 Å². The van der Waals surface area contributed by atoms with E-state index in [9.17, 15) is 0 Å². The minimum absolute atomic E-state index is 0.604. The smallest absolute Gasteiger partial charge is 0.243 e. The molecule has 0 aromatic carbocycles. The van der Waals surface area contributed by atoms with E-state index in [0.717, 1.165) is 0 Å². The summed E-state index contributed by atoms with van der Waals surface area (Å²) in [5.41, 5.74) is 0.